The van der Waals surface area contributed by atoms with Gasteiger partial charge in [0.2, 0.25) is 0 Å². The van der Waals surface area contributed by atoms with Crippen molar-refractivity contribution in [2.45, 2.75) is 116 Å². The summed E-state index contributed by atoms with van der Waals surface area (Å²) in [4.78, 5) is 10.8. The molecule has 150 valence electrons. The van der Waals surface area contributed by atoms with Crippen LogP contribution in [0, 0.1) is 0 Å². The molecule has 0 heterocycles. The molecule has 0 aliphatic carbocycles. The predicted molar refractivity (Wildman–Crippen MR) is 100 cm³/mol. The molecule has 1 atom stereocenters. The molecule has 1 unspecified atom stereocenters. The molecular weight excluding hydrogens is 363 g/mol. The van der Waals surface area contributed by atoms with Crippen LogP contribution in [0.15, 0.2) is 0 Å². The standard InChI is InChI=1S/C19H38O5S.Na/c1-3-4-5-6-7-8-9-10-11-12-13-14-15-16-17-19(24-18(2)20)25(21,22)23;/h19H,3-17H2,1-2H3,(H,21,22,23);/q;+1/p-1. The van der Waals surface area contributed by atoms with E-state index in [0.717, 1.165) is 26.2 Å². The van der Waals surface area contributed by atoms with E-state index >= 15 is 0 Å². The maximum Gasteiger partial charge on any atom is 1.00 e. The molecule has 26 heavy (non-hydrogen) atoms. The van der Waals surface area contributed by atoms with Crippen molar-refractivity contribution in [3.63, 3.8) is 0 Å². The number of esters is 1. The van der Waals surface area contributed by atoms with E-state index in [2.05, 4.69) is 11.7 Å². The Morgan fingerprint density at radius 3 is 1.46 bits per heavy atom. The average Bonchev–Trinajstić information content (AvgIpc) is 2.52. The Morgan fingerprint density at radius 2 is 1.15 bits per heavy atom. The van der Waals surface area contributed by atoms with Gasteiger partial charge in [-0.3, -0.25) is 4.79 Å². The second kappa shape index (κ2) is 18.7. The summed E-state index contributed by atoms with van der Waals surface area (Å²) in [5.74, 6) is -0.727. The smallest absolute Gasteiger partial charge is 0.745 e. The average molecular weight is 401 g/mol. The quantitative estimate of drug-likeness (QED) is 0.162. The number of carbonyl (C=O) groups is 1. The molecule has 0 N–H and O–H groups in total. The number of hydrogen-bond donors (Lipinski definition) is 0. The van der Waals surface area contributed by atoms with E-state index in [1.165, 1.54) is 64.2 Å². The molecule has 0 aromatic rings. The van der Waals surface area contributed by atoms with Gasteiger partial charge in [0.05, 0.1) is 0 Å². The van der Waals surface area contributed by atoms with Gasteiger partial charge in [-0.05, 0) is 12.8 Å². The van der Waals surface area contributed by atoms with Crippen molar-refractivity contribution in [2.75, 3.05) is 0 Å². The van der Waals surface area contributed by atoms with Gasteiger partial charge in [-0.25, -0.2) is 8.42 Å². The van der Waals surface area contributed by atoms with Crippen molar-refractivity contribution in [3.05, 3.63) is 0 Å². The molecule has 0 aliphatic heterocycles. The molecule has 0 radical (unpaired) electrons. The van der Waals surface area contributed by atoms with Crippen molar-refractivity contribution in [2.24, 2.45) is 0 Å². The van der Waals surface area contributed by atoms with E-state index in [-0.39, 0.29) is 36.0 Å². The first-order valence-corrected chi connectivity index (χ1v) is 11.5. The molecule has 0 spiro atoms. The fraction of sp³-hybridized carbons (Fsp3) is 0.947. The van der Waals surface area contributed by atoms with Crippen molar-refractivity contribution >= 4 is 16.1 Å². The molecule has 0 amide bonds. The van der Waals surface area contributed by atoms with E-state index < -0.39 is 21.5 Å². The topological polar surface area (TPSA) is 83.5 Å². The first kappa shape index (κ1) is 28.6. The van der Waals surface area contributed by atoms with Crippen molar-refractivity contribution in [1.29, 1.82) is 0 Å². The van der Waals surface area contributed by atoms with Gasteiger partial charge in [0, 0.05) is 6.92 Å². The van der Waals surface area contributed by atoms with Gasteiger partial charge >= 0.3 is 35.5 Å². The van der Waals surface area contributed by atoms with Crippen LogP contribution in [-0.2, 0) is 19.6 Å². The Kier molecular flexibility index (Phi) is 20.6. The first-order chi connectivity index (χ1) is 11.9. The van der Waals surface area contributed by atoms with Crippen LogP contribution in [-0.4, -0.2) is 24.4 Å². The van der Waals surface area contributed by atoms with Crippen LogP contribution >= 0.6 is 0 Å². The fourth-order valence-electron chi connectivity index (χ4n) is 2.95. The Hall–Kier alpha value is 0.380. The third-order valence-corrected chi connectivity index (χ3v) is 5.39. The maximum absolute atomic E-state index is 11.0. The summed E-state index contributed by atoms with van der Waals surface area (Å²) in [6, 6.07) is 0. The molecule has 0 saturated carbocycles. The minimum atomic E-state index is -4.57. The van der Waals surface area contributed by atoms with Crippen molar-refractivity contribution in [1.82, 2.24) is 0 Å². The van der Waals surface area contributed by atoms with Crippen LogP contribution in [0.5, 0.6) is 0 Å². The van der Waals surface area contributed by atoms with Crippen molar-refractivity contribution in [3.8, 4) is 0 Å². The first-order valence-electron chi connectivity index (χ1n) is 10.00. The predicted octanol–water partition coefficient (Wildman–Crippen LogP) is 2.30. The maximum atomic E-state index is 11.0. The van der Waals surface area contributed by atoms with Gasteiger partial charge in [-0.15, -0.1) is 0 Å². The largest absolute Gasteiger partial charge is 1.00 e. The SMILES string of the molecule is CCCCCCCCCCCCCCCCC(OC(C)=O)S(=O)(=O)[O-].[Na+]. The van der Waals surface area contributed by atoms with Gasteiger partial charge in [-0.1, -0.05) is 90.4 Å². The second-order valence-corrected chi connectivity index (χ2v) is 8.43. The van der Waals surface area contributed by atoms with E-state index in [1.54, 1.807) is 0 Å². The monoisotopic (exact) mass is 400 g/mol. The van der Waals surface area contributed by atoms with Crippen LogP contribution in [0.25, 0.3) is 0 Å². The van der Waals surface area contributed by atoms with Crippen molar-refractivity contribution < 1.29 is 52.1 Å². The van der Waals surface area contributed by atoms with Crippen LogP contribution in [0.2, 0.25) is 0 Å². The zero-order valence-electron chi connectivity index (χ0n) is 17.1. The molecule has 5 nitrogen and oxygen atoms in total. The van der Waals surface area contributed by atoms with Crippen LogP contribution in [0.1, 0.15) is 110 Å². The molecule has 0 aromatic heterocycles. The van der Waals surface area contributed by atoms with Gasteiger partial charge < -0.3 is 9.29 Å². The molecule has 0 bridgehead atoms. The number of hydrogen-bond acceptors (Lipinski definition) is 5. The fourth-order valence-corrected chi connectivity index (χ4v) is 3.66. The molecule has 7 heteroatoms. The Morgan fingerprint density at radius 1 is 0.808 bits per heavy atom. The minimum Gasteiger partial charge on any atom is -0.745 e. The Bertz CT molecular complexity index is 426. The second-order valence-electron chi connectivity index (χ2n) is 6.92. The van der Waals surface area contributed by atoms with Gasteiger partial charge in [0.25, 0.3) is 0 Å². The summed E-state index contributed by atoms with van der Waals surface area (Å²) in [6.07, 6.45) is 17.0. The summed E-state index contributed by atoms with van der Waals surface area (Å²) in [6.45, 7) is 3.35. The zero-order valence-corrected chi connectivity index (χ0v) is 19.9. The van der Waals surface area contributed by atoms with Gasteiger partial charge in [0.1, 0.15) is 10.1 Å². The summed E-state index contributed by atoms with van der Waals surface area (Å²) >= 11 is 0. The summed E-state index contributed by atoms with van der Waals surface area (Å²) in [5, 5.41) is 0. The normalized spacial score (nSPS) is 12.4. The molecule has 0 fully saturated rings. The Balaban J connectivity index is 0. The zero-order chi connectivity index (χ0) is 19.0. The van der Waals surface area contributed by atoms with E-state index in [1.807, 2.05) is 0 Å². The summed E-state index contributed by atoms with van der Waals surface area (Å²) in [7, 11) is -4.57. The van der Waals surface area contributed by atoms with E-state index in [4.69, 9.17) is 0 Å². The summed E-state index contributed by atoms with van der Waals surface area (Å²) < 4.78 is 37.6. The van der Waals surface area contributed by atoms with E-state index in [9.17, 15) is 17.8 Å². The number of carbonyl (C=O) groups excluding carboxylic acids is 1. The van der Waals surface area contributed by atoms with Crippen LogP contribution < -0.4 is 29.6 Å². The molecule has 0 rings (SSSR count). The molecular formula is C19H37NaO5S. The van der Waals surface area contributed by atoms with Gasteiger partial charge in [-0.2, -0.15) is 0 Å². The number of rotatable bonds is 17. The molecule has 0 aliphatic rings. The summed E-state index contributed by atoms with van der Waals surface area (Å²) in [5.41, 5.74) is -1.53. The molecule has 0 saturated heterocycles. The number of ether oxygens (including phenoxy) is 1. The van der Waals surface area contributed by atoms with E-state index in [0.29, 0.717) is 6.42 Å². The third kappa shape index (κ3) is 19.2. The van der Waals surface area contributed by atoms with Gasteiger partial charge in [0.15, 0.2) is 5.44 Å². The number of unbranched alkanes of at least 4 members (excludes halogenated alkanes) is 13. The Labute approximate surface area is 183 Å². The third-order valence-electron chi connectivity index (χ3n) is 4.41. The minimum absolute atomic E-state index is 0. The van der Waals surface area contributed by atoms with Crippen LogP contribution in [0.3, 0.4) is 0 Å². The van der Waals surface area contributed by atoms with Crippen LogP contribution in [0.4, 0.5) is 0 Å². The molecule has 0 aromatic carbocycles.